The molecule has 4 rings (SSSR count). The van der Waals surface area contributed by atoms with Gasteiger partial charge in [0.25, 0.3) is 0 Å². The van der Waals surface area contributed by atoms with E-state index in [9.17, 15) is 29.1 Å². The quantitative estimate of drug-likeness (QED) is 0.150. The summed E-state index contributed by atoms with van der Waals surface area (Å²) in [6.07, 6.45) is -0.512. The van der Waals surface area contributed by atoms with Gasteiger partial charge in [0, 0.05) is 25.5 Å². The highest BCUT2D eigenvalue weighted by Gasteiger charge is 2.46. The summed E-state index contributed by atoms with van der Waals surface area (Å²) in [7, 11) is 0. The van der Waals surface area contributed by atoms with Gasteiger partial charge >= 0.3 is 12.1 Å². The van der Waals surface area contributed by atoms with Crippen molar-refractivity contribution in [3.8, 4) is 0 Å². The lowest BCUT2D eigenvalue weighted by Crippen LogP contribution is -2.47. The molecule has 9 nitrogen and oxygen atoms in total. The van der Waals surface area contributed by atoms with Gasteiger partial charge < -0.3 is 14.6 Å². The molecule has 9 heteroatoms. The molecule has 0 aromatic heterocycles. The van der Waals surface area contributed by atoms with E-state index in [1.807, 2.05) is 19.1 Å². The van der Waals surface area contributed by atoms with E-state index in [0.29, 0.717) is 29.5 Å². The maximum Gasteiger partial charge on any atom is 0.417 e. The number of cyclic esters (lactones) is 1. The zero-order valence-electron chi connectivity index (χ0n) is 25.4. The van der Waals surface area contributed by atoms with Crippen molar-refractivity contribution >= 4 is 35.1 Å². The molecule has 3 aromatic rings. The van der Waals surface area contributed by atoms with Gasteiger partial charge in [0.05, 0.1) is 5.92 Å². The molecular weight excluding hydrogens is 574 g/mol. The van der Waals surface area contributed by atoms with E-state index in [0.717, 1.165) is 23.5 Å². The van der Waals surface area contributed by atoms with Gasteiger partial charge in [0.1, 0.15) is 12.6 Å². The second-order valence-electron chi connectivity index (χ2n) is 11.0. The summed E-state index contributed by atoms with van der Waals surface area (Å²) in [6.45, 7) is 2.84. The molecule has 0 aliphatic carbocycles. The molecular formula is C36H37NO8. The molecule has 0 unspecified atom stereocenters. The van der Waals surface area contributed by atoms with Crippen molar-refractivity contribution in [1.82, 2.24) is 4.90 Å². The number of carbonyl (C=O) groups excluding carboxylic acids is 5. The standard InChI is InChI=1S/C36H37NO8/c1-24-12-11-17-28(20-24)29(32(40)18-9-10-19-38)22-33(41)34(45-25(2)39)30(21-26-13-5-3-6-14-26)35(42)37-31(23-44-36(37)43)27-15-7-4-8-16-27/h3-8,11-17,20,22,30-31,34,38H,9-10,18-19,21,23H2,1-2H3/t30-,31-,34+/m1/s1. The van der Waals surface area contributed by atoms with Crippen LogP contribution >= 0.6 is 0 Å². The number of ketones is 2. The van der Waals surface area contributed by atoms with Gasteiger partial charge in [-0.1, -0.05) is 90.5 Å². The van der Waals surface area contributed by atoms with Crippen molar-refractivity contribution < 1.29 is 38.6 Å². The topological polar surface area (TPSA) is 127 Å². The molecule has 45 heavy (non-hydrogen) atoms. The summed E-state index contributed by atoms with van der Waals surface area (Å²) in [5.74, 6) is -3.96. The van der Waals surface area contributed by atoms with Crippen molar-refractivity contribution in [2.45, 2.75) is 51.7 Å². The number of aliphatic hydroxyl groups is 1. The molecule has 1 heterocycles. The average molecular weight is 612 g/mol. The van der Waals surface area contributed by atoms with E-state index in [-0.39, 0.29) is 37.4 Å². The third kappa shape index (κ3) is 8.61. The molecule has 0 radical (unpaired) electrons. The molecule has 0 spiro atoms. The summed E-state index contributed by atoms with van der Waals surface area (Å²) in [6, 6.07) is 24.1. The lowest BCUT2D eigenvalue weighted by molar-refractivity contribution is -0.158. The van der Waals surface area contributed by atoms with Crippen LogP contribution in [0.15, 0.2) is 91.0 Å². The molecule has 0 saturated carbocycles. The minimum atomic E-state index is -1.65. The van der Waals surface area contributed by atoms with Gasteiger partial charge in [-0.15, -0.1) is 0 Å². The predicted octanol–water partition coefficient (Wildman–Crippen LogP) is 5.19. The summed E-state index contributed by atoms with van der Waals surface area (Å²) >= 11 is 0. The maximum atomic E-state index is 14.4. The molecule has 1 fully saturated rings. The minimum Gasteiger partial charge on any atom is -0.453 e. The number of esters is 1. The molecule has 234 valence electrons. The number of amides is 2. The molecule has 0 bridgehead atoms. The van der Waals surface area contributed by atoms with E-state index in [2.05, 4.69) is 0 Å². The first kappa shape index (κ1) is 33.0. The molecule has 1 N–H and O–H groups in total. The highest BCUT2D eigenvalue weighted by atomic mass is 16.6. The van der Waals surface area contributed by atoms with Gasteiger partial charge in [-0.25, -0.2) is 9.69 Å². The van der Waals surface area contributed by atoms with E-state index in [4.69, 9.17) is 9.47 Å². The lowest BCUT2D eigenvalue weighted by Gasteiger charge is -2.29. The molecule has 3 aromatic carbocycles. The Bertz CT molecular complexity index is 1550. The Kier molecular flexibility index (Phi) is 11.5. The Hall–Kier alpha value is -4.89. The number of unbranched alkanes of at least 4 members (excludes halogenated alkanes) is 1. The third-order valence-corrected chi connectivity index (χ3v) is 7.58. The Morgan fingerprint density at radius 2 is 1.67 bits per heavy atom. The fourth-order valence-electron chi connectivity index (χ4n) is 5.37. The monoisotopic (exact) mass is 611 g/mol. The summed E-state index contributed by atoms with van der Waals surface area (Å²) in [4.78, 5) is 68.3. The van der Waals surface area contributed by atoms with Crippen molar-refractivity contribution in [1.29, 1.82) is 0 Å². The second-order valence-corrected chi connectivity index (χ2v) is 11.0. The first-order valence-electron chi connectivity index (χ1n) is 14.9. The number of aliphatic hydroxyl groups excluding tert-OH is 1. The molecule has 1 saturated heterocycles. The van der Waals surface area contributed by atoms with Crippen LogP contribution in [0.1, 0.15) is 54.5 Å². The Labute approximate surface area is 262 Å². The zero-order valence-corrected chi connectivity index (χ0v) is 25.4. The largest absolute Gasteiger partial charge is 0.453 e. The fraction of sp³-hybridized carbons (Fsp3) is 0.306. The normalized spacial score (nSPS) is 16.1. The van der Waals surface area contributed by atoms with Crippen molar-refractivity contribution in [3.05, 3.63) is 113 Å². The fourth-order valence-corrected chi connectivity index (χ4v) is 5.37. The van der Waals surface area contributed by atoms with Gasteiger partial charge in [-0.05, 0) is 49.0 Å². The minimum absolute atomic E-state index is 0.0350. The van der Waals surface area contributed by atoms with Crippen molar-refractivity contribution in [2.75, 3.05) is 13.2 Å². The first-order valence-corrected chi connectivity index (χ1v) is 14.9. The number of carbonyl (C=O) groups is 5. The highest BCUT2D eigenvalue weighted by Crippen LogP contribution is 2.32. The lowest BCUT2D eigenvalue weighted by atomic mass is 9.87. The Balaban J connectivity index is 1.79. The van der Waals surface area contributed by atoms with Gasteiger partial charge in [-0.3, -0.25) is 19.2 Å². The van der Waals surface area contributed by atoms with E-state index >= 15 is 0 Å². The van der Waals surface area contributed by atoms with Gasteiger partial charge in [-0.2, -0.15) is 0 Å². The summed E-state index contributed by atoms with van der Waals surface area (Å²) < 4.78 is 10.9. The average Bonchev–Trinajstić information content (AvgIpc) is 3.43. The number of nitrogens with zero attached hydrogens (tertiary/aromatic N) is 1. The number of imide groups is 1. The van der Waals surface area contributed by atoms with Crippen LogP contribution in [0, 0.1) is 12.8 Å². The van der Waals surface area contributed by atoms with Crippen LogP contribution in [0.2, 0.25) is 0 Å². The number of allylic oxidation sites excluding steroid dienone is 1. The Morgan fingerprint density at radius 3 is 2.31 bits per heavy atom. The van der Waals surface area contributed by atoms with Crippen molar-refractivity contribution in [3.63, 3.8) is 0 Å². The van der Waals surface area contributed by atoms with Gasteiger partial charge in [0.15, 0.2) is 17.7 Å². The summed E-state index contributed by atoms with van der Waals surface area (Å²) in [5, 5.41) is 9.21. The third-order valence-electron chi connectivity index (χ3n) is 7.58. The SMILES string of the molecule is CC(=O)O[C@H](C(=O)C=C(C(=O)CCCCO)c1cccc(C)c1)[C@@H](Cc1ccccc1)C(=O)N1C(=O)OC[C@@H]1c1ccccc1. The predicted molar refractivity (Wildman–Crippen MR) is 167 cm³/mol. The number of aryl methyl sites for hydroxylation is 1. The van der Waals surface area contributed by atoms with Crippen LogP contribution in [0.4, 0.5) is 4.79 Å². The van der Waals surface area contributed by atoms with Crippen LogP contribution in [0.3, 0.4) is 0 Å². The first-order chi connectivity index (χ1) is 21.7. The van der Waals surface area contributed by atoms with Crippen LogP contribution in [0.5, 0.6) is 0 Å². The maximum absolute atomic E-state index is 14.4. The van der Waals surface area contributed by atoms with E-state index in [1.165, 1.54) is 0 Å². The molecule has 1 aliphatic rings. The number of rotatable bonds is 14. The number of hydrogen-bond acceptors (Lipinski definition) is 8. The molecule has 1 aliphatic heterocycles. The van der Waals surface area contributed by atoms with Crippen LogP contribution in [-0.2, 0) is 35.1 Å². The van der Waals surface area contributed by atoms with Gasteiger partial charge in [0.2, 0.25) is 5.91 Å². The van der Waals surface area contributed by atoms with E-state index in [1.54, 1.807) is 72.8 Å². The smallest absolute Gasteiger partial charge is 0.417 e. The van der Waals surface area contributed by atoms with Crippen LogP contribution in [-0.4, -0.2) is 58.9 Å². The van der Waals surface area contributed by atoms with Crippen molar-refractivity contribution in [2.24, 2.45) is 5.92 Å². The molecule has 3 atom stereocenters. The van der Waals surface area contributed by atoms with Crippen LogP contribution in [0.25, 0.3) is 5.57 Å². The second kappa shape index (κ2) is 15.7. The van der Waals surface area contributed by atoms with E-state index < -0.39 is 41.8 Å². The molecule has 2 amide bonds. The highest BCUT2D eigenvalue weighted by molar-refractivity contribution is 6.25. The zero-order chi connectivity index (χ0) is 32.3. The number of benzene rings is 3. The number of ether oxygens (including phenoxy) is 2. The van der Waals surface area contributed by atoms with Crippen LogP contribution < -0.4 is 0 Å². The summed E-state index contributed by atoms with van der Waals surface area (Å²) in [5.41, 5.74) is 2.81. The number of hydrogen-bond donors (Lipinski definition) is 1. The Morgan fingerprint density at radius 1 is 0.978 bits per heavy atom. The number of Topliss-reactive ketones (excluding diaryl/α,β-unsaturated/α-hetero) is 1.